The van der Waals surface area contributed by atoms with E-state index in [0.29, 0.717) is 62.9 Å². The number of methoxy groups -OCH3 is 1. The standard InChI is InChI=1S/C52H75NO8S/c1-35(2)37(4)47(5)24-25-49(7)40-20-21-43-48(6)32-59-34-52(43,41(40)22-23-50(49,8)44(47)46(54)60-31-38-14-12-11-13-15-38)30-42(57-10)45(48)61-33-51(26-28-58-29-27-51)53(9)62(55,56)39-18-16-36(3)17-19-39/h11-19,22,35,37,40,42-45H,20-21,23-34H2,1-10H3/t37-,40+,42-,43+,44-,45+,47-,48?,49-,50+,52+/m1/s1. The van der Waals surface area contributed by atoms with Crippen molar-refractivity contribution in [2.45, 2.75) is 136 Å². The first-order valence-electron chi connectivity index (χ1n) is 23.6. The highest BCUT2D eigenvalue weighted by atomic mass is 32.2. The van der Waals surface area contributed by atoms with Gasteiger partial charge in [-0.2, -0.15) is 4.31 Å². The highest BCUT2D eigenvalue weighted by molar-refractivity contribution is 7.89. The topological polar surface area (TPSA) is 101 Å². The molecule has 2 saturated heterocycles. The lowest BCUT2D eigenvalue weighted by atomic mass is 9.34. The van der Waals surface area contributed by atoms with E-state index < -0.39 is 15.6 Å². The highest BCUT2D eigenvalue weighted by Crippen LogP contribution is 2.75. The van der Waals surface area contributed by atoms with Crippen LogP contribution in [0.3, 0.4) is 0 Å². The van der Waals surface area contributed by atoms with Crippen LogP contribution in [0.1, 0.15) is 111 Å². The van der Waals surface area contributed by atoms with Crippen molar-refractivity contribution < 1.29 is 36.9 Å². The Kier molecular flexibility index (Phi) is 12.4. The number of ether oxygens (including phenoxy) is 5. The average Bonchev–Trinajstić information content (AvgIpc) is 3.25. The molecule has 0 amide bonds. The van der Waals surface area contributed by atoms with Crippen molar-refractivity contribution in [3.05, 3.63) is 77.4 Å². The smallest absolute Gasteiger partial charge is 0.310 e. The third-order valence-electron chi connectivity index (χ3n) is 18.9. The zero-order chi connectivity index (χ0) is 44.5. The molecule has 3 saturated carbocycles. The number of nitrogens with zero attached hydrogens (tertiary/aromatic N) is 1. The summed E-state index contributed by atoms with van der Waals surface area (Å²) in [6.45, 7) is 21.3. The number of likely N-dealkylation sites (N-methyl/N-ethyl adjacent to an activating group) is 1. The van der Waals surface area contributed by atoms with Crippen molar-refractivity contribution in [2.24, 2.45) is 56.7 Å². The second kappa shape index (κ2) is 16.7. The summed E-state index contributed by atoms with van der Waals surface area (Å²) in [7, 11) is -0.282. The van der Waals surface area contributed by atoms with E-state index >= 15 is 0 Å². The maximum absolute atomic E-state index is 14.9. The van der Waals surface area contributed by atoms with Crippen LogP contribution in [0.4, 0.5) is 0 Å². The minimum Gasteiger partial charge on any atom is -0.461 e. The van der Waals surface area contributed by atoms with E-state index in [-0.39, 0.29) is 69.3 Å². The Morgan fingerprint density at radius 2 is 1.58 bits per heavy atom. The van der Waals surface area contributed by atoms with Gasteiger partial charge < -0.3 is 23.7 Å². The predicted molar refractivity (Wildman–Crippen MR) is 242 cm³/mol. The highest BCUT2D eigenvalue weighted by Gasteiger charge is 2.72. The number of carbonyl (C=O) groups excluding carboxylic acids is 1. The minimum absolute atomic E-state index is 0.0498. The molecule has 2 aromatic carbocycles. The van der Waals surface area contributed by atoms with E-state index in [9.17, 15) is 13.2 Å². The van der Waals surface area contributed by atoms with Crippen molar-refractivity contribution in [2.75, 3.05) is 47.2 Å². The first kappa shape index (κ1) is 45.9. The molecular formula is C52H75NO8S. The number of hydrogen-bond donors (Lipinski definition) is 0. The van der Waals surface area contributed by atoms with Gasteiger partial charge in [-0.25, -0.2) is 8.42 Å². The second-order valence-electron chi connectivity index (χ2n) is 21.9. The normalized spacial score (nSPS) is 38.3. The van der Waals surface area contributed by atoms with Crippen LogP contribution < -0.4 is 0 Å². The van der Waals surface area contributed by atoms with E-state index in [2.05, 4.69) is 54.5 Å². The molecule has 11 atom stereocenters. The van der Waals surface area contributed by atoms with Gasteiger partial charge in [0.25, 0.3) is 0 Å². The lowest BCUT2D eigenvalue weighted by Crippen LogP contribution is -2.70. The van der Waals surface area contributed by atoms with Gasteiger partial charge >= 0.3 is 5.97 Å². The number of carbonyl (C=O) groups is 1. The first-order valence-corrected chi connectivity index (χ1v) is 25.0. The molecule has 0 spiro atoms. The van der Waals surface area contributed by atoms with Gasteiger partial charge in [-0.15, -0.1) is 0 Å². The number of hydrogen-bond acceptors (Lipinski definition) is 8. The van der Waals surface area contributed by atoms with Gasteiger partial charge in [0.2, 0.25) is 10.0 Å². The fourth-order valence-corrected chi connectivity index (χ4v) is 16.1. The Hall–Kier alpha value is -2.60. The van der Waals surface area contributed by atoms with Crippen LogP contribution >= 0.6 is 0 Å². The Morgan fingerprint density at radius 3 is 2.24 bits per heavy atom. The number of esters is 1. The molecule has 2 heterocycles. The van der Waals surface area contributed by atoms with Crippen molar-refractivity contribution in [1.82, 2.24) is 4.31 Å². The van der Waals surface area contributed by atoms with Gasteiger partial charge in [0.05, 0.1) is 48.4 Å². The lowest BCUT2D eigenvalue weighted by molar-refractivity contribution is -0.271. The summed E-state index contributed by atoms with van der Waals surface area (Å²) in [5, 5.41) is 0. The molecule has 2 bridgehead atoms. The average molecular weight is 874 g/mol. The van der Waals surface area contributed by atoms with Crippen LogP contribution in [-0.2, 0) is 45.1 Å². The quantitative estimate of drug-likeness (QED) is 0.154. The first-order chi connectivity index (χ1) is 29.3. The Labute approximate surface area is 373 Å². The summed E-state index contributed by atoms with van der Waals surface area (Å²) in [6, 6.07) is 17.2. The Bertz CT molecular complexity index is 2080. The molecule has 0 radical (unpaired) electrons. The van der Waals surface area contributed by atoms with Crippen LogP contribution in [0.5, 0.6) is 0 Å². The molecule has 2 aromatic rings. The second-order valence-corrected chi connectivity index (χ2v) is 23.9. The van der Waals surface area contributed by atoms with E-state index in [1.54, 1.807) is 23.5 Å². The maximum atomic E-state index is 14.9. The monoisotopic (exact) mass is 874 g/mol. The molecule has 62 heavy (non-hydrogen) atoms. The zero-order valence-electron chi connectivity index (χ0n) is 39.3. The predicted octanol–water partition coefficient (Wildman–Crippen LogP) is 9.81. The van der Waals surface area contributed by atoms with Crippen LogP contribution in [0.15, 0.2) is 71.1 Å². The largest absolute Gasteiger partial charge is 0.461 e. The lowest BCUT2D eigenvalue weighted by Gasteiger charge is -2.71. The molecule has 5 fully saturated rings. The third kappa shape index (κ3) is 7.10. The van der Waals surface area contributed by atoms with Gasteiger partial charge in [0.15, 0.2) is 0 Å². The fraction of sp³-hybridized carbons (Fsp3) is 0.712. The molecule has 8 rings (SSSR count). The summed E-state index contributed by atoms with van der Waals surface area (Å²) in [4.78, 5) is 15.2. The summed E-state index contributed by atoms with van der Waals surface area (Å²) in [6.07, 6.45) is 8.87. The van der Waals surface area contributed by atoms with E-state index in [0.717, 1.165) is 49.7 Å². The SMILES string of the molecule is CO[C@@H]1C[C@@]23COCC(C)([C@H]1OCC1(N(C)S(=O)(=O)c4ccc(C)cc4)CCOCC1)[C@@H]2CC[C@H]1C3=CC[C@@]2(C)[C@H](C(=O)OCc3ccccc3)[C@@](C)([C@H](C)C(C)C)CC[C@]12C. The molecule has 6 aliphatic rings. The number of benzene rings is 2. The third-order valence-corrected chi connectivity index (χ3v) is 20.9. The van der Waals surface area contributed by atoms with Crippen LogP contribution in [-0.4, -0.2) is 83.6 Å². The van der Waals surface area contributed by atoms with Crippen molar-refractivity contribution in [3.8, 4) is 0 Å². The van der Waals surface area contributed by atoms with Crippen molar-refractivity contribution in [1.29, 1.82) is 0 Å². The molecule has 0 N–H and O–H groups in total. The number of fused-ring (bicyclic) bond motifs is 3. The van der Waals surface area contributed by atoms with E-state index in [1.807, 2.05) is 56.5 Å². The number of rotatable bonds is 12. The van der Waals surface area contributed by atoms with Crippen LogP contribution in [0, 0.1) is 63.6 Å². The summed E-state index contributed by atoms with van der Waals surface area (Å²) >= 11 is 0. The molecule has 1 unspecified atom stereocenters. The Morgan fingerprint density at radius 1 is 0.887 bits per heavy atom. The summed E-state index contributed by atoms with van der Waals surface area (Å²) in [5.41, 5.74) is 1.53. The van der Waals surface area contributed by atoms with Gasteiger partial charge in [0.1, 0.15) is 6.61 Å². The number of sulfonamides is 1. The maximum Gasteiger partial charge on any atom is 0.310 e. The molecule has 10 heteroatoms. The van der Waals surface area contributed by atoms with Crippen molar-refractivity contribution in [3.63, 3.8) is 0 Å². The molecular weight excluding hydrogens is 799 g/mol. The summed E-state index contributed by atoms with van der Waals surface area (Å²) < 4.78 is 62.8. The number of aryl methyl sites for hydroxylation is 1. The van der Waals surface area contributed by atoms with Crippen molar-refractivity contribution >= 4 is 16.0 Å². The van der Waals surface area contributed by atoms with E-state index in [1.165, 1.54) is 5.57 Å². The van der Waals surface area contributed by atoms with Gasteiger partial charge in [-0.05, 0) is 116 Å². The minimum atomic E-state index is -3.81. The van der Waals surface area contributed by atoms with Crippen LogP contribution in [0.25, 0.3) is 0 Å². The van der Waals surface area contributed by atoms with Crippen LogP contribution in [0.2, 0.25) is 0 Å². The molecule has 2 aliphatic heterocycles. The van der Waals surface area contributed by atoms with E-state index in [4.69, 9.17) is 23.7 Å². The zero-order valence-corrected chi connectivity index (χ0v) is 40.2. The molecule has 4 aliphatic carbocycles. The van der Waals surface area contributed by atoms with Gasteiger partial charge in [-0.3, -0.25) is 4.79 Å². The number of allylic oxidation sites excluding steroid dienone is 1. The Balaban J connectivity index is 1.11. The molecule has 342 valence electrons. The van der Waals surface area contributed by atoms with Gasteiger partial charge in [0, 0.05) is 38.2 Å². The molecule has 0 aromatic heterocycles. The van der Waals surface area contributed by atoms with Gasteiger partial charge in [-0.1, -0.05) is 108 Å². The summed E-state index contributed by atoms with van der Waals surface area (Å²) in [5.74, 6) is 1.07. The fourth-order valence-electron chi connectivity index (χ4n) is 14.5. The molecule has 9 nitrogen and oxygen atoms in total.